The molecular formula is C35H34F3N5O3. The number of aliphatic carboxylic acids is 1. The minimum Gasteiger partial charge on any atom is -0.475 e. The van der Waals surface area contributed by atoms with E-state index < -0.39 is 12.1 Å². The molecule has 4 aromatic carbocycles. The Morgan fingerprint density at radius 1 is 0.826 bits per heavy atom. The molecule has 5 aromatic rings. The number of alkyl halides is 3. The van der Waals surface area contributed by atoms with Crippen LogP contribution in [-0.4, -0.2) is 70.8 Å². The number of anilines is 1. The zero-order valence-corrected chi connectivity index (χ0v) is 25.2. The Morgan fingerprint density at radius 3 is 2.15 bits per heavy atom. The van der Waals surface area contributed by atoms with Gasteiger partial charge in [0.2, 0.25) is 0 Å². The molecule has 1 aliphatic rings. The molecule has 6 rings (SSSR count). The molecule has 2 heterocycles. The Balaban J connectivity index is 0.000000537. The Morgan fingerprint density at radius 2 is 1.48 bits per heavy atom. The van der Waals surface area contributed by atoms with Gasteiger partial charge in [-0.1, -0.05) is 66.7 Å². The minimum absolute atomic E-state index is 0.0919. The average Bonchev–Trinajstić information content (AvgIpc) is 3.43. The third-order valence-corrected chi connectivity index (χ3v) is 7.72. The Bertz CT molecular complexity index is 1780. The number of carbonyl (C=O) groups excluding carboxylic acids is 1. The number of nitrogens with zero attached hydrogens (tertiary/aromatic N) is 4. The molecule has 0 aliphatic carbocycles. The standard InChI is InChI=1S/C33H33N5O.C2HF3O2/c1-36-18-20-37(21-19-36)29-16-14-25(15-17-29)23-34-33(39)28-11-7-10-27(22-28)32-35-30-12-5-6-13-31(30)38(32)24-26-8-3-2-4-9-26;3-2(4,5)1(6)7/h2-17,22H,18-21,23-24H2,1H3,(H,34,39);(H,6,7). The number of rotatable bonds is 7. The quantitative estimate of drug-likeness (QED) is 0.227. The molecule has 1 saturated heterocycles. The van der Waals surface area contributed by atoms with Crippen molar-refractivity contribution in [3.05, 3.63) is 120 Å². The lowest BCUT2D eigenvalue weighted by Crippen LogP contribution is -2.44. The first kappa shape index (κ1) is 32.2. The highest BCUT2D eigenvalue weighted by atomic mass is 19.4. The van der Waals surface area contributed by atoms with Gasteiger partial charge >= 0.3 is 12.1 Å². The topological polar surface area (TPSA) is 90.7 Å². The van der Waals surface area contributed by atoms with Gasteiger partial charge in [-0.05, 0) is 54.6 Å². The van der Waals surface area contributed by atoms with Crippen molar-refractivity contribution in [3.8, 4) is 11.4 Å². The molecule has 0 radical (unpaired) electrons. The van der Waals surface area contributed by atoms with Gasteiger partial charge in [-0.15, -0.1) is 0 Å². The number of imidazole rings is 1. The van der Waals surface area contributed by atoms with Crippen molar-refractivity contribution in [1.29, 1.82) is 0 Å². The van der Waals surface area contributed by atoms with Crippen LogP contribution in [0.3, 0.4) is 0 Å². The van der Waals surface area contributed by atoms with E-state index in [9.17, 15) is 18.0 Å². The normalized spacial score (nSPS) is 13.6. The van der Waals surface area contributed by atoms with Crippen LogP contribution in [0.5, 0.6) is 0 Å². The largest absolute Gasteiger partial charge is 0.490 e. The molecule has 0 bridgehead atoms. The molecule has 11 heteroatoms. The van der Waals surface area contributed by atoms with Crippen LogP contribution in [0.2, 0.25) is 0 Å². The number of para-hydroxylation sites is 2. The molecule has 0 atom stereocenters. The van der Waals surface area contributed by atoms with E-state index in [2.05, 4.69) is 81.3 Å². The number of halogens is 3. The smallest absolute Gasteiger partial charge is 0.475 e. The number of hydrogen-bond acceptors (Lipinski definition) is 5. The number of carboxylic acid groups (broad SMARTS) is 1. The summed E-state index contributed by atoms with van der Waals surface area (Å²) in [6.07, 6.45) is -5.08. The van der Waals surface area contributed by atoms with Crippen LogP contribution in [0.25, 0.3) is 22.4 Å². The second kappa shape index (κ2) is 14.3. The van der Waals surface area contributed by atoms with Gasteiger partial charge in [0.25, 0.3) is 5.91 Å². The van der Waals surface area contributed by atoms with Gasteiger partial charge in [-0.25, -0.2) is 9.78 Å². The minimum atomic E-state index is -5.08. The number of nitrogens with one attached hydrogen (secondary N) is 1. The maximum Gasteiger partial charge on any atom is 0.490 e. The first-order chi connectivity index (χ1) is 22.1. The fourth-order valence-corrected chi connectivity index (χ4v) is 5.20. The van der Waals surface area contributed by atoms with Gasteiger partial charge in [0, 0.05) is 56.1 Å². The lowest BCUT2D eigenvalue weighted by atomic mass is 10.1. The first-order valence-electron chi connectivity index (χ1n) is 14.8. The number of aromatic nitrogens is 2. The highest BCUT2D eigenvalue weighted by molar-refractivity contribution is 5.95. The van der Waals surface area contributed by atoms with Gasteiger partial charge in [-0.3, -0.25) is 4.79 Å². The molecule has 1 amide bonds. The van der Waals surface area contributed by atoms with E-state index >= 15 is 0 Å². The lowest BCUT2D eigenvalue weighted by molar-refractivity contribution is -0.192. The number of amides is 1. The van der Waals surface area contributed by atoms with E-state index in [1.54, 1.807) is 0 Å². The van der Waals surface area contributed by atoms with Crippen LogP contribution >= 0.6 is 0 Å². The summed E-state index contributed by atoms with van der Waals surface area (Å²) in [6, 6.07) is 34.9. The summed E-state index contributed by atoms with van der Waals surface area (Å²) in [6.45, 7) is 5.44. The number of piperazine rings is 1. The summed E-state index contributed by atoms with van der Waals surface area (Å²) < 4.78 is 34.0. The molecule has 1 aromatic heterocycles. The zero-order valence-electron chi connectivity index (χ0n) is 25.2. The molecule has 0 spiro atoms. The molecule has 1 fully saturated rings. The number of benzene rings is 4. The zero-order chi connectivity index (χ0) is 32.7. The van der Waals surface area contributed by atoms with Crippen molar-refractivity contribution in [2.45, 2.75) is 19.3 Å². The number of likely N-dealkylation sites (N-methyl/N-ethyl adjacent to an activating group) is 1. The lowest BCUT2D eigenvalue weighted by Gasteiger charge is -2.34. The second-order valence-corrected chi connectivity index (χ2v) is 11.0. The van der Waals surface area contributed by atoms with Crippen molar-refractivity contribution >= 4 is 28.6 Å². The average molecular weight is 630 g/mol. The van der Waals surface area contributed by atoms with Crippen LogP contribution in [0.1, 0.15) is 21.5 Å². The van der Waals surface area contributed by atoms with Gasteiger partial charge in [0.05, 0.1) is 11.0 Å². The van der Waals surface area contributed by atoms with Crippen LogP contribution in [0, 0.1) is 0 Å². The molecule has 2 N–H and O–H groups in total. The van der Waals surface area contributed by atoms with Crippen molar-refractivity contribution in [3.63, 3.8) is 0 Å². The van der Waals surface area contributed by atoms with Gasteiger partial charge in [-0.2, -0.15) is 13.2 Å². The maximum atomic E-state index is 13.1. The highest BCUT2D eigenvalue weighted by Gasteiger charge is 2.38. The van der Waals surface area contributed by atoms with Crippen LogP contribution < -0.4 is 10.2 Å². The second-order valence-electron chi connectivity index (χ2n) is 11.0. The van der Waals surface area contributed by atoms with Crippen molar-refractivity contribution in [2.24, 2.45) is 0 Å². The van der Waals surface area contributed by atoms with E-state index in [0.29, 0.717) is 18.7 Å². The van der Waals surface area contributed by atoms with E-state index in [-0.39, 0.29) is 5.91 Å². The molecule has 1 aliphatic heterocycles. The van der Waals surface area contributed by atoms with Gasteiger partial charge in [0.15, 0.2) is 0 Å². The predicted octanol–water partition coefficient (Wildman–Crippen LogP) is 6.07. The molecule has 238 valence electrons. The van der Waals surface area contributed by atoms with Crippen LogP contribution in [0.15, 0.2) is 103 Å². The molecule has 46 heavy (non-hydrogen) atoms. The summed E-state index contributed by atoms with van der Waals surface area (Å²) in [7, 11) is 2.17. The number of carbonyl (C=O) groups is 2. The SMILES string of the molecule is CN1CCN(c2ccc(CNC(=O)c3cccc(-c4nc5ccccc5n4Cc4ccccc4)c3)cc2)CC1.O=C(O)C(F)(F)F. The predicted molar refractivity (Wildman–Crippen MR) is 172 cm³/mol. The Hall–Kier alpha value is -5.16. The van der Waals surface area contributed by atoms with Crippen molar-refractivity contribution < 1.29 is 27.9 Å². The Labute approximate surface area is 264 Å². The summed E-state index contributed by atoms with van der Waals surface area (Å²) in [5.74, 6) is -1.99. The van der Waals surface area contributed by atoms with Crippen LogP contribution in [0.4, 0.5) is 18.9 Å². The molecule has 8 nitrogen and oxygen atoms in total. The molecular weight excluding hydrogens is 595 g/mol. The van der Waals surface area contributed by atoms with Crippen molar-refractivity contribution in [1.82, 2.24) is 19.8 Å². The first-order valence-corrected chi connectivity index (χ1v) is 14.8. The number of fused-ring (bicyclic) bond motifs is 1. The maximum absolute atomic E-state index is 13.1. The molecule has 0 saturated carbocycles. The van der Waals surface area contributed by atoms with Gasteiger partial charge < -0.3 is 24.8 Å². The van der Waals surface area contributed by atoms with Crippen molar-refractivity contribution in [2.75, 3.05) is 38.1 Å². The summed E-state index contributed by atoms with van der Waals surface area (Å²) in [4.78, 5) is 31.8. The highest BCUT2D eigenvalue weighted by Crippen LogP contribution is 2.27. The third-order valence-electron chi connectivity index (χ3n) is 7.72. The fourth-order valence-electron chi connectivity index (χ4n) is 5.20. The molecule has 0 unspecified atom stereocenters. The third kappa shape index (κ3) is 8.10. The Kier molecular flexibility index (Phi) is 10.0. The summed E-state index contributed by atoms with van der Waals surface area (Å²) >= 11 is 0. The number of hydrogen-bond donors (Lipinski definition) is 2. The summed E-state index contributed by atoms with van der Waals surface area (Å²) in [5.41, 5.74) is 7.09. The van der Waals surface area contributed by atoms with Gasteiger partial charge in [0.1, 0.15) is 5.82 Å². The van der Waals surface area contributed by atoms with Crippen LogP contribution in [-0.2, 0) is 17.9 Å². The van der Waals surface area contributed by atoms with E-state index in [1.807, 2.05) is 48.5 Å². The van der Waals surface area contributed by atoms with E-state index in [0.717, 1.165) is 54.2 Å². The van der Waals surface area contributed by atoms with E-state index in [1.165, 1.54) is 11.3 Å². The fraction of sp³-hybridized carbons (Fsp3) is 0.229. The monoisotopic (exact) mass is 629 g/mol. The van der Waals surface area contributed by atoms with E-state index in [4.69, 9.17) is 14.9 Å². The number of carboxylic acids is 1. The summed E-state index contributed by atoms with van der Waals surface area (Å²) in [5, 5.41) is 10.2.